The van der Waals surface area contributed by atoms with Crippen LogP contribution in [0, 0.1) is 11.6 Å². The molecule has 0 fully saturated rings. The third-order valence-corrected chi connectivity index (χ3v) is 3.75. The second-order valence-corrected chi connectivity index (χ2v) is 5.20. The smallest absolute Gasteiger partial charge is 0.165 e. The molecule has 0 amide bonds. The molecule has 0 spiro atoms. The number of rotatable bonds is 4. The van der Waals surface area contributed by atoms with Gasteiger partial charge in [0.1, 0.15) is 5.82 Å². The number of aliphatic hydroxyl groups excluding tert-OH is 1. The molecule has 2 rings (SSSR count). The summed E-state index contributed by atoms with van der Waals surface area (Å²) in [6, 6.07) is 8.43. The Balaban J connectivity index is 2.23. The average molecular weight is 343 g/mol. The van der Waals surface area contributed by atoms with Gasteiger partial charge in [0.2, 0.25) is 0 Å². The van der Waals surface area contributed by atoms with Crippen LogP contribution < -0.4 is 4.74 Å². The van der Waals surface area contributed by atoms with E-state index in [-0.39, 0.29) is 18.0 Å². The molecule has 0 aromatic heterocycles. The van der Waals surface area contributed by atoms with Gasteiger partial charge >= 0.3 is 0 Å². The summed E-state index contributed by atoms with van der Waals surface area (Å²) in [6.45, 7) is 0. The minimum Gasteiger partial charge on any atom is -0.494 e. The predicted octanol–water partition coefficient (Wildman–Crippen LogP) is 4.01. The number of methoxy groups -OCH3 is 1. The summed E-state index contributed by atoms with van der Waals surface area (Å²) < 4.78 is 32.1. The Morgan fingerprint density at radius 3 is 2.65 bits per heavy atom. The van der Waals surface area contributed by atoms with Crippen molar-refractivity contribution in [1.82, 2.24) is 0 Å². The zero-order chi connectivity index (χ0) is 14.7. The number of hydrogen-bond acceptors (Lipinski definition) is 2. The van der Waals surface area contributed by atoms with Gasteiger partial charge in [-0.25, -0.2) is 8.78 Å². The van der Waals surface area contributed by atoms with Crippen molar-refractivity contribution < 1.29 is 18.6 Å². The highest BCUT2D eigenvalue weighted by molar-refractivity contribution is 9.10. The van der Waals surface area contributed by atoms with Crippen molar-refractivity contribution in [2.24, 2.45) is 0 Å². The van der Waals surface area contributed by atoms with Crippen LogP contribution in [0.25, 0.3) is 0 Å². The van der Waals surface area contributed by atoms with Crippen LogP contribution in [-0.4, -0.2) is 12.2 Å². The Morgan fingerprint density at radius 1 is 1.20 bits per heavy atom. The van der Waals surface area contributed by atoms with Crippen molar-refractivity contribution in [3.8, 4) is 5.75 Å². The third-order valence-electron chi connectivity index (χ3n) is 2.98. The number of ether oxygens (including phenoxy) is 1. The van der Waals surface area contributed by atoms with E-state index in [0.717, 1.165) is 0 Å². The molecule has 0 saturated heterocycles. The van der Waals surface area contributed by atoms with Crippen LogP contribution in [0.15, 0.2) is 40.9 Å². The van der Waals surface area contributed by atoms with Gasteiger partial charge in [-0.2, -0.15) is 0 Å². The molecule has 20 heavy (non-hydrogen) atoms. The van der Waals surface area contributed by atoms with Gasteiger partial charge in [-0.15, -0.1) is 0 Å². The molecule has 2 aromatic carbocycles. The van der Waals surface area contributed by atoms with E-state index in [1.54, 1.807) is 6.07 Å². The van der Waals surface area contributed by atoms with Gasteiger partial charge in [0.15, 0.2) is 11.6 Å². The lowest BCUT2D eigenvalue weighted by Crippen LogP contribution is -2.04. The monoisotopic (exact) mass is 342 g/mol. The van der Waals surface area contributed by atoms with Crippen molar-refractivity contribution in [2.45, 2.75) is 12.5 Å². The minimum absolute atomic E-state index is 0.0693. The molecule has 2 aromatic rings. The molecule has 0 aliphatic heterocycles. The quantitative estimate of drug-likeness (QED) is 0.909. The molecule has 0 bridgehead atoms. The maximum atomic E-state index is 13.3. The van der Waals surface area contributed by atoms with Gasteiger partial charge in [0, 0.05) is 10.9 Å². The van der Waals surface area contributed by atoms with Crippen molar-refractivity contribution in [3.63, 3.8) is 0 Å². The summed E-state index contributed by atoms with van der Waals surface area (Å²) in [5.41, 5.74) is 1.15. The molecule has 1 atom stereocenters. The van der Waals surface area contributed by atoms with E-state index >= 15 is 0 Å². The molecule has 106 valence electrons. The van der Waals surface area contributed by atoms with E-state index < -0.39 is 11.9 Å². The lowest BCUT2D eigenvalue weighted by molar-refractivity contribution is 0.177. The van der Waals surface area contributed by atoms with Crippen LogP contribution in [0.1, 0.15) is 17.2 Å². The Kier molecular flexibility index (Phi) is 4.73. The molecule has 0 radical (unpaired) electrons. The van der Waals surface area contributed by atoms with E-state index in [2.05, 4.69) is 15.9 Å². The van der Waals surface area contributed by atoms with Crippen molar-refractivity contribution in [1.29, 1.82) is 0 Å². The van der Waals surface area contributed by atoms with Gasteiger partial charge in [0.25, 0.3) is 0 Å². The predicted molar refractivity (Wildman–Crippen MR) is 75.7 cm³/mol. The van der Waals surface area contributed by atoms with E-state index in [1.807, 2.05) is 0 Å². The second kappa shape index (κ2) is 6.33. The van der Waals surface area contributed by atoms with Gasteiger partial charge in [-0.3, -0.25) is 0 Å². The Labute approximate surface area is 124 Å². The standard InChI is InChI=1S/C15H13BrF2O2/c1-20-15-8-9(2-5-13(15)18)14(19)7-10-6-11(17)3-4-12(10)16/h2-6,8,14,19H,7H2,1H3. The number of hydrogen-bond donors (Lipinski definition) is 1. The minimum atomic E-state index is -0.873. The summed E-state index contributed by atoms with van der Waals surface area (Å²) in [6.07, 6.45) is -0.657. The zero-order valence-electron chi connectivity index (χ0n) is 10.7. The first-order valence-electron chi connectivity index (χ1n) is 5.96. The molecule has 2 nitrogen and oxygen atoms in total. The van der Waals surface area contributed by atoms with Gasteiger partial charge in [0.05, 0.1) is 13.2 Å². The second-order valence-electron chi connectivity index (χ2n) is 4.35. The van der Waals surface area contributed by atoms with Gasteiger partial charge in [-0.1, -0.05) is 22.0 Å². The topological polar surface area (TPSA) is 29.5 Å². The molecule has 0 aliphatic carbocycles. The van der Waals surface area contributed by atoms with Crippen LogP contribution >= 0.6 is 15.9 Å². The van der Waals surface area contributed by atoms with Crippen LogP contribution in [-0.2, 0) is 6.42 Å². The highest BCUT2D eigenvalue weighted by Gasteiger charge is 2.14. The molecular weight excluding hydrogens is 330 g/mol. The largest absolute Gasteiger partial charge is 0.494 e. The maximum absolute atomic E-state index is 13.3. The summed E-state index contributed by atoms with van der Waals surface area (Å²) in [7, 11) is 1.36. The van der Waals surface area contributed by atoms with E-state index in [4.69, 9.17) is 4.74 Å². The molecule has 0 aliphatic rings. The van der Waals surface area contributed by atoms with E-state index in [1.165, 1.54) is 37.4 Å². The molecule has 1 N–H and O–H groups in total. The summed E-state index contributed by atoms with van der Waals surface area (Å²) >= 11 is 3.31. The first-order valence-corrected chi connectivity index (χ1v) is 6.76. The lowest BCUT2D eigenvalue weighted by Gasteiger charge is -2.14. The fourth-order valence-corrected chi connectivity index (χ4v) is 2.32. The van der Waals surface area contributed by atoms with Gasteiger partial charge < -0.3 is 9.84 Å². The Hall–Kier alpha value is -1.46. The molecule has 5 heteroatoms. The van der Waals surface area contributed by atoms with Crippen LogP contribution in [0.5, 0.6) is 5.75 Å². The SMILES string of the molecule is COc1cc(C(O)Cc2cc(F)ccc2Br)ccc1F. The fraction of sp³-hybridized carbons (Fsp3) is 0.200. The van der Waals surface area contributed by atoms with Crippen LogP contribution in [0.3, 0.4) is 0 Å². The average Bonchev–Trinajstić information content (AvgIpc) is 2.43. The van der Waals surface area contributed by atoms with Crippen LogP contribution in [0.4, 0.5) is 8.78 Å². The fourth-order valence-electron chi connectivity index (χ4n) is 1.91. The first kappa shape index (κ1) is 14.9. The van der Waals surface area contributed by atoms with E-state index in [9.17, 15) is 13.9 Å². The molecule has 0 saturated carbocycles. The summed E-state index contributed by atoms with van der Waals surface area (Å²) in [5, 5.41) is 10.2. The molecule has 0 heterocycles. The van der Waals surface area contributed by atoms with Crippen molar-refractivity contribution in [3.05, 3.63) is 63.6 Å². The third kappa shape index (κ3) is 3.35. The maximum Gasteiger partial charge on any atom is 0.165 e. The summed E-state index contributed by atoms with van der Waals surface area (Å²) in [4.78, 5) is 0. The lowest BCUT2D eigenvalue weighted by atomic mass is 10.0. The Morgan fingerprint density at radius 2 is 1.95 bits per heavy atom. The van der Waals surface area contributed by atoms with Crippen LogP contribution in [0.2, 0.25) is 0 Å². The highest BCUT2D eigenvalue weighted by Crippen LogP contribution is 2.27. The van der Waals surface area contributed by atoms with E-state index in [0.29, 0.717) is 15.6 Å². The van der Waals surface area contributed by atoms with Crippen molar-refractivity contribution >= 4 is 15.9 Å². The first-order chi connectivity index (χ1) is 9.51. The number of halogens is 3. The highest BCUT2D eigenvalue weighted by atomic mass is 79.9. The van der Waals surface area contributed by atoms with Crippen molar-refractivity contribution in [2.75, 3.05) is 7.11 Å². The molecule has 1 unspecified atom stereocenters. The number of aliphatic hydroxyl groups is 1. The Bertz CT molecular complexity index is 617. The normalized spacial score (nSPS) is 12.2. The number of benzene rings is 2. The molecular formula is C15H13BrF2O2. The van der Waals surface area contributed by atoms with Gasteiger partial charge in [-0.05, 0) is 41.5 Å². The zero-order valence-corrected chi connectivity index (χ0v) is 12.3. The summed E-state index contributed by atoms with van der Waals surface area (Å²) in [5.74, 6) is -0.790.